The molecule has 1 aliphatic rings. The van der Waals surface area contributed by atoms with Crippen molar-refractivity contribution >= 4 is 0 Å². The van der Waals surface area contributed by atoms with Crippen LogP contribution in [0.5, 0.6) is 0 Å². The van der Waals surface area contributed by atoms with Crippen LogP contribution in [0.4, 0.5) is 4.39 Å². The summed E-state index contributed by atoms with van der Waals surface area (Å²) < 4.78 is 18.1. The van der Waals surface area contributed by atoms with Gasteiger partial charge in [0.15, 0.2) is 0 Å². The third-order valence-corrected chi connectivity index (χ3v) is 1.38. The van der Waals surface area contributed by atoms with E-state index in [4.69, 9.17) is 11.2 Å². The predicted octanol–water partition coefficient (Wildman–Crippen LogP) is 1.82. The third kappa shape index (κ3) is 2.21. The van der Waals surface area contributed by atoms with Crippen molar-refractivity contribution < 1.29 is 9.13 Å². The van der Waals surface area contributed by atoms with E-state index < -0.39 is 5.85 Å². The van der Waals surface area contributed by atoms with Gasteiger partial charge in [0.25, 0.3) is 0 Å². The molecule has 0 aromatic heterocycles. The van der Waals surface area contributed by atoms with Gasteiger partial charge in [0.05, 0.1) is 0 Å². The van der Waals surface area contributed by atoms with Gasteiger partial charge in [0.1, 0.15) is 6.61 Å². The summed E-state index contributed by atoms with van der Waals surface area (Å²) in [6.07, 6.45) is 11.6. The van der Waals surface area contributed by atoms with Crippen LogP contribution in [0.1, 0.15) is 6.42 Å². The highest BCUT2D eigenvalue weighted by Gasteiger charge is 2.26. The molecular formula is C9H9FO. The molecule has 1 rings (SSSR count). The first kappa shape index (κ1) is 8.03. The van der Waals surface area contributed by atoms with E-state index in [1.54, 1.807) is 18.2 Å². The molecule has 0 N–H and O–H groups in total. The van der Waals surface area contributed by atoms with Gasteiger partial charge in [-0.1, -0.05) is 24.1 Å². The first-order valence-electron chi connectivity index (χ1n) is 3.37. The molecule has 1 atom stereocenters. The molecule has 0 saturated carbocycles. The zero-order valence-electron chi connectivity index (χ0n) is 6.09. The quantitative estimate of drug-likeness (QED) is 0.548. The summed E-state index contributed by atoms with van der Waals surface area (Å²) >= 11 is 0. The molecule has 58 valence electrons. The van der Waals surface area contributed by atoms with Crippen molar-refractivity contribution in [3.63, 3.8) is 0 Å². The Morgan fingerprint density at radius 2 is 2.45 bits per heavy atom. The number of hydrogen-bond donors (Lipinski definition) is 0. The van der Waals surface area contributed by atoms with Crippen molar-refractivity contribution in [2.45, 2.75) is 12.3 Å². The molecule has 0 radical (unpaired) electrons. The maximum atomic E-state index is 13.3. The van der Waals surface area contributed by atoms with Crippen molar-refractivity contribution in [2.24, 2.45) is 0 Å². The molecule has 0 amide bonds. The Hall–Kier alpha value is -1.07. The Labute approximate surface area is 65.6 Å². The molecule has 0 bridgehead atoms. The normalized spacial score (nSPS) is 28.4. The van der Waals surface area contributed by atoms with Crippen LogP contribution in [0.15, 0.2) is 24.3 Å². The summed E-state index contributed by atoms with van der Waals surface area (Å²) in [5, 5.41) is 0. The molecule has 0 saturated heterocycles. The van der Waals surface area contributed by atoms with E-state index in [-0.39, 0.29) is 13.0 Å². The summed E-state index contributed by atoms with van der Waals surface area (Å²) in [5.41, 5.74) is 0. The lowest BCUT2D eigenvalue weighted by molar-refractivity contribution is -0.0911. The lowest BCUT2D eigenvalue weighted by atomic mass is 10.1. The Bertz CT molecular complexity index is 224. The lowest BCUT2D eigenvalue weighted by Gasteiger charge is -2.20. The third-order valence-electron chi connectivity index (χ3n) is 1.38. The zero-order valence-corrected chi connectivity index (χ0v) is 6.09. The maximum Gasteiger partial charge on any atom is 0.233 e. The average Bonchev–Trinajstić information content (AvgIpc) is 2.03. The number of alkyl halides is 1. The SMILES string of the molecule is C#CCOC1(F)C=CC=CC1. The van der Waals surface area contributed by atoms with E-state index in [0.29, 0.717) is 0 Å². The molecule has 1 aliphatic carbocycles. The second-order valence-corrected chi connectivity index (χ2v) is 2.27. The zero-order chi connectivity index (χ0) is 8.16. The van der Waals surface area contributed by atoms with Gasteiger partial charge in [-0.05, 0) is 6.08 Å². The van der Waals surface area contributed by atoms with Crippen LogP contribution in [0.2, 0.25) is 0 Å². The van der Waals surface area contributed by atoms with Crippen LogP contribution < -0.4 is 0 Å². The smallest absolute Gasteiger partial charge is 0.233 e. The molecular weight excluding hydrogens is 143 g/mol. The van der Waals surface area contributed by atoms with Crippen LogP contribution in [-0.2, 0) is 4.74 Å². The monoisotopic (exact) mass is 152 g/mol. The van der Waals surface area contributed by atoms with Crippen molar-refractivity contribution in [3.8, 4) is 12.3 Å². The van der Waals surface area contributed by atoms with Crippen molar-refractivity contribution in [2.75, 3.05) is 6.61 Å². The molecule has 0 aromatic rings. The summed E-state index contributed by atoms with van der Waals surface area (Å²) in [6, 6.07) is 0. The first-order valence-corrected chi connectivity index (χ1v) is 3.37. The Balaban J connectivity index is 2.48. The van der Waals surface area contributed by atoms with E-state index in [0.717, 1.165) is 0 Å². The van der Waals surface area contributed by atoms with Crippen LogP contribution >= 0.6 is 0 Å². The number of rotatable bonds is 2. The van der Waals surface area contributed by atoms with Gasteiger partial charge >= 0.3 is 0 Å². The molecule has 0 aromatic carbocycles. The van der Waals surface area contributed by atoms with E-state index in [1.165, 1.54) is 6.08 Å². The minimum atomic E-state index is -1.68. The van der Waals surface area contributed by atoms with Gasteiger partial charge in [0, 0.05) is 6.42 Å². The van der Waals surface area contributed by atoms with Gasteiger partial charge < -0.3 is 4.74 Å². The highest BCUT2D eigenvalue weighted by atomic mass is 19.2. The fourth-order valence-electron chi connectivity index (χ4n) is 0.843. The largest absolute Gasteiger partial charge is 0.329 e. The second kappa shape index (κ2) is 3.36. The highest BCUT2D eigenvalue weighted by Crippen LogP contribution is 2.23. The standard InChI is InChI=1S/C9H9FO/c1-2-8-11-9(10)6-4-3-5-7-9/h1,3-6H,7-8H2. The van der Waals surface area contributed by atoms with Gasteiger partial charge in [0.2, 0.25) is 5.85 Å². The molecule has 0 spiro atoms. The maximum absolute atomic E-state index is 13.3. The van der Waals surface area contributed by atoms with Crippen LogP contribution in [-0.4, -0.2) is 12.5 Å². The van der Waals surface area contributed by atoms with Gasteiger partial charge in [-0.25, -0.2) is 4.39 Å². The van der Waals surface area contributed by atoms with Gasteiger partial charge in [-0.15, -0.1) is 6.42 Å². The molecule has 0 heterocycles. The minimum absolute atomic E-state index is 0.00861. The van der Waals surface area contributed by atoms with E-state index in [9.17, 15) is 4.39 Å². The summed E-state index contributed by atoms with van der Waals surface area (Å²) in [4.78, 5) is 0. The van der Waals surface area contributed by atoms with E-state index >= 15 is 0 Å². The highest BCUT2D eigenvalue weighted by molar-refractivity contribution is 5.15. The predicted molar refractivity (Wildman–Crippen MR) is 41.5 cm³/mol. The first-order chi connectivity index (χ1) is 5.27. The molecule has 2 heteroatoms. The number of terminal acetylenes is 1. The van der Waals surface area contributed by atoms with Gasteiger partial charge in [-0.3, -0.25) is 0 Å². The van der Waals surface area contributed by atoms with Crippen LogP contribution in [0.25, 0.3) is 0 Å². The number of halogens is 1. The van der Waals surface area contributed by atoms with E-state index in [1.807, 2.05) is 0 Å². The Morgan fingerprint density at radius 3 is 3.00 bits per heavy atom. The Kier molecular flexibility index (Phi) is 2.45. The molecule has 1 unspecified atom stereocenters. The molecule has 1 nitrogen and oxygen atoms in total. The average molecular weight is 152 g/mol. The molecule has 0 fully saturated rings. The second-order valence-electron chi connectivity index (χ2n) is 2.27. The molecule has 0 aliphatic heterocycles. The van der Waals surface area contributed by atoms with Crippen molar-refractivity contribution in [1.82, 2.24) is 0 Å². The summed E-state index contributed by atoms with van der Waals surface area (Å²) in [7, 11) is 0. The van der Waals surface area contributed by atoms with Crippen molar-refractivity contribution in [3.05, 3.63) is 24.3 Å². The van der Waals surface area contributed by atoms with Crippen LogP contribution in [0.3, 0.4) is 0 Å². The number of allylic oxidation sites excluding steroid dienone is 2. The number of hydrogen-bond acceptors (Lipinski definition) is 1. The lowest BCUT2D eigenvalue weighted by Crippen LogP contribution is -2.24. The van der Waals surface area contributed by atoms with Gasteiger partial charge in [-0.2, -0.15) is 0 Å². The fraction of sp³-hybridized carbons (Fsp3) is 0.333. The summed E-state index contributed by atoms with van der Waals surface area (Å²) in [6.45, 7) is 0.00861. The summed E-state index contributed by atoms with van der Waals surface area (Å²) in [5.74, 6) is 0.541. The number of ether oxygens (including phenoxy) is 1. The minimum Gasteiger partial charge on any atom is -0.329 e. The van der Waals surface area contributed by atoms with E-state index in [2.05, 4.69) is 5.92 Å². The van der Waals surface area contributed by atoms with Crippen LogP contribution in [0, 0.1) is 12.3 Å². The molecule has 11 heavy (non-hydrogen) atoms. The topological polar surface area (TPSA) is 9.23 Å². The fourth-order valence-corrected chi connectivity index (χ4v) is 0.843. The Morgan fingerprint density at radius 1 is 1.64 bits per heavy atom. The van der Waals surface area contributed by atoms with Crippen molar-refractivity contribution in [1.29, 1.82) is 0 Å².